The highest BCUT2D eigenvalue weighted by Crippen LogP contribution is 2.34. The van der Waals surface area contributed by atoms with E-state index in [9.17, 15) is 9.59 Å². The number of aryl methyl sites for hydroxylation is 1. The zero-order valence-corrected chi connectivity index (χ0v) is 19.2. The van der Waals surface area contributed by atoms with Crippen molar-refractivity contribution in [2.75, 3.05) is 19.7 Å². The topological polar surface area (TPSA) is 49.9 Å². The molecule has 0 saturated heterocycles. The number of rotatable bonds is 8. The molecule has 1 aliphatic rings. The Morgan fingerprint density at radius 1 is 1.27 bits per heavy atom. The summed E-state index contributed by atoms with van der Waals surface area (Å²) in [5.41, 5.74) is 2.25. The summed E-state index contributed by atoms with van der Waals surface area (Å²) in [7, 11) is 0. The molecule has 162 valence electrons. The molecule has 0 spiro atoms. The molecule has 0 unspecified atom stereocenters. The maximum atomic E-state index is 13.3. The highest BCUT2D eigenvalue weighted by atomic mass is 32.1. The lowest BCUT2D eigenvalue weighted by molar-refractivity contribution is -0.144. The van der Waals surface area contributed by atoms with Gasteiger partial charge in [0.15, 0.2) is 0 Å². The van der Waals surface area contributed by atoms with Gasteiger partial charge in [-0.3, -0.25) is 9.59 Å². The molecule has 2 amide bonds. The second kappa shape index (κ2) is 10.1. The van der Waals surface area contributed by atoms with Crippen LogP contribution in [0.4, 0.5) is 0 Å². The van der Waals surface area contributed by atoms with Crippen LogP contribution in [0.5, 0.6) is 5.75 Å². The molecule has 1 aromatic carbocycles. The lowest BCUT2D eigenvalue weighted by Gasteiger charge is -2.38. The van der Waals surface area contributed by atoms with Crippen molar-refractivity contribution < 1.29 is 14.3 Å². The third-order valence-corrected chi connectivity index (χ3v) is 6.95. The third-order valence-electron chi connectivity index (χ3n) is 5.96. The predicted octanol–water partition coefficient (Wildman–Crippen LogP) is 4.60. The number of amides is 2. The van der Waals surface area contributed by atoms with Crippen LogP contribution in [0.15, 0.2) is 35.7 Å². The average molecular weight is 429 g/mol. The van der Waals surface area contributed by atoms with Crippen LogP contribution < -0.4 is 4.74 Å². The van der Waals surface area contributed by atoms with Crippen LogP contribution >= 0.6 is 11.3 Å². The molecule has 30 heavy (non-hydrogen) atoms. The van der Waals surface area contributed by atoms with E-state index < -0.39 is 0 Å². The molecule has 0 radical (unpaired) electrons. The number of thiophene rings is 1. The van der Waals surface area contributed by atoms with Crippen molar-refractivity contribution in [2.45, 2.75) is 59.0 Å². The van der Waals surface area contributed by atoms with Crippen LogP contribution in [0.3, 0.4) is 0 Å². The number of para-hydroxylation sites is 1. The normalized spacial score (nSPS) is 16.7. The van der Waals surface area contributed by atoms with Crippen molar-refractivity contribution in [3.63, 3.8) is 0 Å². The summed E-state index contributed by atoms with van der Waals surface area (Å²) in [6.45, 7) is 9.11. The van der Waals surface area contributed by atoms with E-state index in [1.807, 2.05) is 56.9 Å². The van der Waals surface area contributed by atoms with Gasteiger partial charge in [-0.25, -0.2) is 0 Å². The Morgan fingerprint density at radius 2 is 2.03 bits per heavy atom. The fraction of sp³-hybridized carbons (Fsp3) is 0.500. The summed E-state index contributed by atoms with van der Waals surface area (Å²) in [4.78, 5) is 30.8. The Hall–Kier alpha value is -2.34. The summed E-state index contributed by atoms with van der Waals surface area (Å²) in [6, 6.07) is 9.95. The van der Waals surface area contributed by atoms with Gasteiger partial charge < -0.3 is 14.5 Å². The Morgan fingerprint density at radius 3 is 2.73 bits per heavy atom. The molecule has 2 atom stereocenters. The van der Waals surface area contributed by atoms with Crippen LogP contribution in [-0.2, 0) is 16.0 Å². The number of hydrogen-bond donors (Lipinski definition) is 0. The summed E-state index contributed by atoms with van der Waals surface area (Å²) in [5, 5.41) is 2.09. The van der Waals surface area contributed by atoms with E-state index in [-0.39, 0.29) is 30.4 Å². The maximum Gasteiger partial charge on any atom is 0.242 e. The minimum atomic E-state index is -0.136. The minimum Gasteiger partial charge on any atom is -0.491 e. The number of nitrogens with zero attached hydrogens (tertiary/aromatic N) is 2. The molecule has 0 N–H and O–H groups in total. The van der Waals surface area contributed by atoms with Crippen LogP contribution in [0.1, 0.15) is 55.7 Å². The molecule has 5 nitrogen and oxygen atoms in total. The fourth-order valence-corrected chi connectivity index (χ4v) is 4.84. The Labute approximate surface area is 183 Å². The second-order valence-corrected chi connectivity index (χ2v) is 8.86. The summed E-state index contributed by atoms with van der Waals surface area (Å²) in [5.74, 6) is 0.862. The molecule has 0 saturated carbocycles. The van der Waals surface area contributed by atoms with E-state index in [1.165, 1.54) is 10.4 Å². The van der Waals surface area contributed by atoms with Gasteiger partial charge in [-0.2, -0.15) is 0 Å². The monoisotopic (exact) mass is 428 g/mol. The van der Waals surface area contributed by atoms with E-state index in [1.54, 1.807) is 16.2 Å². The summed E-state index contributed by atoms with van der Waals surface area (Å²) < 4.78 is 6.16. The van der Waals surface area contributed by atoms with Crippen molar-refractivity contribution in [3.05, 3.63) is 51.7 Å². The molecular weight excluding hydrogens is 396 g/mol. The van der Waals surface area contributed by atoms with Crippen LogP contribution in [-0.4, -0.2) is 47.4 Å². The highest BCUT2D eigenvalue weighted by molar-refractivity contribution is 7.10. The summed E-state index contributed by atoms with van der Waals surface area (Å²) in [6.07, 6.45) is 2.09. The van der Waals surface area contributed by atoms with Crippen LogP contribution in [0, 0.1) is 6.92 Å². The first kappa shape index (κ1) is 22.3. The molecule has 0 aliphatic carbocycles. The smallest absolute Gasteiger partial charge is 0.242 e. The molecule has 2 aromatic rings. The van der Waals surface area contributed by atoms with Gasteiger partial charge in [-0.05, 0) is 55.3 Å². The van der Waals surface area contributed by atoms with Crippen molar-refractivity contribution in [1.29, 1.82) is 0 Å². The molecular formula is C24H32N2O3S. The van der Waals surface area contributed by atoms with Gasteiger partial charge in [0, 0.05) is 23.9 Å². The van der Waals surface area contributed by atoms with Gasteiger partial charge in [0.1, 0.15) is 18.9 Å². The van der Waals surface area contributed by atoms with E-state index in [0.29, 0.717) is 19.6 Å². The lowest BCUT2D eigenvalue weighted by atomic mass is 10.00. The van der Waals surface area contributed by atoms with E-state index in [4.69, 9.17) is 4.74 Å². The van der Waals surface area contributed by atoms with E-state index >= 15 is 0 Å². The number of benzene rings is 1. The van der Waals surface area contributed by atoms with Gasteiger partial charge in [-0.15, -0.1) is 11.3 Å². The number of carbonyl (C=O) groups is 2. The molecule has 1 aliphatic heterocycles. The zero-order chi connectivity index (χ0) is 21.7. The zero-order valence-electron chi connectivity index (χ0n) is 18.4. The van der Waals surface area contributed by atoms with Crippen molar-refractivity contribution in [1.82, 2.24) is 9.80 Å². The first-order valence-corrected chi connectivity index (χ1v) is 11.7. The number of carbonyl (C=O) groups excluding carboxylic acids is 2. The van der Waals surface area contributed by atoms with Crippen molar-refractivity contribution >= 4 is 23.2 Å². The predicted molar refractivity (Wildman–Crippen MR) is 121 cm³/mol. The molecule has 3 rings (SSSR count). The summed E-state index contributed by atoms with van der Waals surface area (Å²) >= 11 is 1.74. The fourth-order valence-electron chi connectivity index (χ4n) is 3.91. The van der Waals surface area contributed by atoms with Gasteiger partial charge in [0.05, 0.1) is 6.04 Å². The number of ether oxygens (including phenoxy) is 1. The SMILES string of the molecule is CCC(=O)N(CC(=O)N1CCc2sccc2[C@@H]1COc1ccccc1C)[C@@H](C)CC. The van der Waals surface area contributed by atoms with Gasteiger partial charge in [-0.1, -0.05) is 32.0 Å². The average Bonchev–Trinajstić information content (AvgIpc) is 3.24. The van der Waals surface area contributed by atoms with E-state index in [2.05, 4.69) is 11.4 Å². The van der Waals surface area contributed by atoms with Gasteiger partial charge in [0.25, 0.3) is 0 Å². The first-order valence-electron chi connectivity index (χ1n) is 10.8. The number of hydrogen-bond acceptors (Lipinski definition) is 4. The van der Waals surface area contributed by atoms with Crippen molar-refractivity contribution in [2.24, 2.45) is 0 Å². The third kappa shape index (κ3) is 4.86. The first-order chi connectivity index (χ1) is 14.5. The highest BCUT2D eigenvalue weighted by Gasteiger charge is 2.34. The number of fused-ring (bicyclic) bond motifs is 1. The Balaban J connectivity index is 1.80. The maximum absolute atomic E-state index is 13.3. The molecule has 0 fully saturated rings. The second-order valence-electron chi connectivity index (χ2n) is 7.86. The van der Waals surface area contributed by atoms with Crippen LogP contribution in [0.25, 0.3) is 0 Å². The Bertz CT molecular complexity index is 879. The lowest BCUT2D eigenvalue weighted by Crippen LogP contribution is -2.49. The Kier molecular flexibility index (Phi) is 7.53. The van der Waals surface area contributed by atoms with E-state index in [0.717, 1.165) is 24.2 Å². The molecule has 2 heterocycles. The van der Waals surface area contributed by atoms with Crippen molar-refractivity contribution in [3.8, 4) is 5.75 Å². The largest absolute Gasteiger partial charge is 0.491 e. The molecule has 0 bridgehead atoms. The standard InChI is InChI=1S/C24H32N2O3S/c1-5-18(4)26(23(27)6-2)15-24(28)25-13-11-22-19(12-14-30-22)20(25)16-29-21-10-8-7-9-17(21)3/h7-10,12,14,18,20H,5-6,11,13,15-16H2,1-4H3/t18-,20-/m0/s1. The quantitative estimate of drug-likeness (QED) is 0.617. The van der Waals surface area contributed by atoms with Gasteiger partial charge >= 0.3 is 0 Å². The van der Waals surface area contributed by atoms with Crippen LogP contribution in [0.2, 0.25) is 0 Å². The minimum absolute atomic E-state index is 0.00710. The molecule has 6 heteroatoms. The van der Waals surface area contributed by atoms with Gasteiger partial charge in [0.2, 0.25) is 11.8 Å². The molecule has 1 aromatic heterocycles.